The summed E-state index contributed by atoms with van der Waals surface area (Å²) in [6.07, 6.45) is 2.40. The van der Waals surface area contributed by atoms with Crippen LogP contribution in [0.1, 0.15) is 25.3 Å². The van der Waals surface area contributed by atoms with Gasteiger partial charge in [0.25, 0.3) is 0 Å². The summed E-state index contributed by atoms with van der Waals surface area (Å²) in [5.74, 6) is 0.205. The van der Waals surface area contributed by atoms with Gasteiger partial charge in [0.05, 0.1) is 11.4 Å². The molecule has 0 saturated carbocycles. The molecule has 1 heterocycles. The zero-order chi connectivity index (χ0) is 12.5. The van der Waals surface area contributed by atoms with E-state index in [2.05, 4.69) is 0 Å². The Morgan fingerprint density at radius 1 is 1.41 bits per heavy atom. The maximum Gasteiger partial charge on any atom is 0.235 e. The van der Waals surface area contributed by atoms with E-state index < -0.39 is 10.0 Å². The highest BCUT2D eigenvalue weighted by Gasteiger charge is 2.26. The Labute approximate surface area is 102 Å². The van der Waals surface area contributed by atoms with Crippen LogP contribution in [-0.2, 0) is 16.4 Å². The zero-order valence-electron chi connectivity index (χ0n) is 10.0. The lowest BCUT2D eigenvalue weighted by molar-refractivity contribution is 0.585. The van der Waals surface area contributed by atoms with E-state index in [-0.39, 0.29) is 5.75 Å². The number of aryl methyl sites for hydroxylation is 1. The molecule has 0 spiro atoms. The Morgan fingerprint density at radius 2 is 2.18 bits per heavy atom. The van der Waals surface area contributed by atoms with E-state index in [1.54, 1.807) is 6.07 Å². The van der Waals surface area contributed by atoms with Crippen molar-refractivity contribution in [3.8, 4) is 0 Å². The van der Waals surface area contributed by atoms with Gasteiger partial charge in [0, 0.05) is 12.2 Å². The minimum Gasteiger partial charge on any atom is -0.399 e. The summed E-state index contributed by atoms with van der Waals surface area (Å²) in [5, 5.41) is 0. The number of nitrogen functional groups attached to an aromatic ring is 1. The predicted molar refractivity (Wildman–Crippen MR) is 70.6 cm³/mol. The molecule has 1 aliphatic rings. The molecule has 1 aliphatic heterocycles. The number of nitrogens with zero attached hydrogens (tertiary/aromatic N) is 1. The number of fused-ring (bicyclic) bond motifs is 1. The molecule has 0 atom stereocenters. The molecule has 5 heteroatoms. The number of nitrogens with two attached hydrogens (primary N) is 1. The normalized spacial score (nSPS) is 15.7. The predicted octanol–water partition coefficient (Wildman–Crippen LogP) is 1.76. The van der Waals surface area contributed by atoms with Crippen molar-refractivity contribution in [1.29, 1.82) is 0 Å². The minimum atomic E-state index is -3.17. The molecule has 0 radical (unpaired) electrons. The zero-order valence-corrected chi connectivity index (χ0v) is 10.8. The Balaban J connectivity index is 2.42. The van der Waals surface area contributed by atoms with E-state index in [9.17, 15) is 8.42 Å². The van der Waals surface area contributed by atoms with Gasteiger partial charge in [-0.2, -0.15) is 0 Å². The van der Waals surface area contributed by atoms with Gasteiger partial charge in [0.2, 0.25) is 10.0 Å². The van der Waals surface area contributed by atoms with Gasteiger partial charge in [-0.3, -0.25) is 4.31 Å². The standard InChI is InChI=1S/C12H18N2O2S/c1-2-8-17(15,16)14-7-3-4-10-9-11(13)5-6-12(10)14/h5-6,9H,2-4,7-8,13H2,1H3. The molecule has 1 aromatic carbocycles. The highest BCUT2D eigenvalue weighted by molar-refractivity contribution is 7.92. The second-order valence-electron chi connectivity index (χ2n) is 4.38. The van der Waals surface area contributed by atoms with Crippen molar-refractivity contribution < 1.29 is 8.42 Å². The van der Waals surface area contributed by atoms with Crippen LogP contribution in [0.3, 0.4) is 0 Å². The fourth-order valence-corrected chi connectivity index (χ4v) is 3.86. The van der Waals surface area contributed by atoms with Crippen LogP contribution in [0.25, 0.3) is 0 Å². The Bertz CT molecular complexity index is 511. The van der Waals surface area contributed by atoms with E-state index >= 15 is 0 Å². The van der Waals surface area contributed by atoms with E-state index in [1.165, 1.54) is 4.31 Å². The number of anilines is 2. The van der Waals surface area contributed by atoms with Crippen molar-refractivity contribution in [1.82, 2.24) is 0 Å². The first-order valence-electron chi connectivity index (χ1n) is 5.93. The third-order valence-corrected chi connectivity index (χ3v) is 4.95. The topological polar surface area (TPSA) is 63.4 Å². The quantitative estimate of drug-likeness (QED) is 0.836. The second-order valence-corrected chi connectivity index (χ2v) is 6.39. The Hall–Kier alpha value is -1.23. The molecule has 0 aliphatic carbocycles. The van der Waals surface area contributed by atoms with E-state index in [4.69, 9.17) is 5.73 Å². The minimum absolute atomic E-state index is 0.205. The van der Waals surface area contributed by atoms with Crippen molar-refractivity contribution >= 4 is 21.4 Å². The first-order valence-corrected chi connectivity index (χ1v) is 7.54. The number of hydrogen-bond acceptors (Lipinski definition) is 3. The Kier molecular flexibility index (Phi) is 3.28. The third kappa shape index (κ3) is 2.39. The summed E-state index contributed by atoms with van der Waals surface area (Å²) >= 11 is 0. The molecule has 2 rings (SSSR count). The molecule has 94 valence electrons. The summed E-state index contributed by atoms with van der Waals surface area (Å²) in [4.78, 5) is 0. The SMILES string of the molecule is CCCS(=O)(=O)N1CCCc2cc(N)ccc21. The van der Waals surface area contributed by atoms with Gasteiger partial charge < -0.3 is 5.73 Å². The number of rotatable bonds is 3. The molecular weight excluding hydrogens is 236 g/mol. The second kappa shape index (κ2) is 4.56. The van der Waals surface area contributed by atoms with Crippen molar-refractivity contribution in [3.63, 3.8) is 0 Å². The summed E-state index contributed by atoms with van der Waals surface area (Å²) in [5.41, 5.74) is 8.26. The van der Waals surface area contributed by atoms with Crippen LogP contribution in [-0.4, -0.2) is 20.7 Å². The van der Waals surface area contributed by atoms with Crippen molar-refractivity contribution in [2.45, 2.75) is 26.2 Å². The maximum absolute atomic E-state index is 12.1. The number of sulfonamides is 1. The maximum atomic E-state index is 12.1. The summed E-state index contributed by atoms with van der Waals surface area (Å²) < 4.78 is 25.8. The lowest BCUT2D eigenvalue weighted by Crippen LogP contribution is -2.37. The molecule has 0 aromatic heterocycles. The molecule has 17 heavy (non-hydrogen) atoms. The smallest absolute Gasteiger partial charge is 0.235 e. The first-order chi connectivity index (χ1) is 8.04. The monoisotopic (exact) mass is 254 g/mol. The summed E-state index contributed by atoms with van der Waals surface area (Å²) in [6.45, 7) is 2.46. The van der Waals surface area contributed by atoms with Crippen LogP contribution in [0.15, 0.2) is 18.2 Å². The van der Waals surface area contributed by atoms with Crippen LogP contribution >= 0.6 is 0 Å². The largest absolute Gasteiger partial charge is 0.399 e. The Morgan fingerprint density at radius 3 is 2.88 bits per heavy atom. The van der Waals surface area contributed by atoms with E-state index in [0.29, 0.717) is 18.7 Å². The lowest BCUT2D eigenvalue weighted by Gasteiger charge is -2.30. The van der Waals surface area contributed by atoms with Gasteiger partial charge in [0.15, 0.2) is 0 Å². The molecule has 0 fully saturated rings. The van der Waals surface area contributed by atoms with Gasteiger partial charge >= 0.3 is 0 Å². The van der Waals surface area contributed by atoms with Gasteiger partial charge in [-0.25, -0.2) is 8.42 Å². The third-order valence-electron chi connectivity index (χ3n) is 2.98. The van der Waals surface area contributed by atoms with Crippen molar-refractivity contribution in [3.05, 3.63) is 23.8 Å². The van der Waals surface area contributed by atoms with Crippen LogP contribution in [0.2, 0.25) is 0 Å². The highest BCUT2D eigenvalue weighted by Crippen LogP contribution is 2.31. The summed E-state index contributed by atoms with van der Waals surface area (Å²) in [7, 11) is -3.17. The number of benzene rings is 1. The average Bonchev–Trinajstić information content (AvgIpc) is 2.27. The van der Waals surface area contributed by atoms with Crippen LogP contribution in [0, 0.1) is 0 Å². The van der Waals surface area contributed by atoms with Crippen LogP contribution in [0.5, 0.6) is 0 Å². The van der Waals surface area contributed by atoms with Gasteiger partial charge in [-0.15, -0.1) is 0 Å². The molecule has 4 nitrogen and oxygen atoms in total. The van der Waals surface area contributed by atoms with Gasteiger partial charge in [-0.1, -0.05) is 6.92 Å². The fourth-order valence-electron chi connectivity index (χ4n) is 2.24. The van der Waals surface area contributed by atoms with E-state index in [0.717, 1.165) is 24.1 Å². The van der Waals surface area contributed by atoms with Crippen LogP contribution in [0.4, 0.5) is 11.4 Å². The molecule has 0 bridgehead atoms. The average molecular weight is 254 g/mol. The van der Waals surface area contributed by atoms with E-state index in [1.807, 2.05) is 19.1 Å². The van der Waals surface area contributed by atoms with Gasteiger partial charge in [0.1, 0.15) is 0 Å². The highest BCUT2D eigenvalue weighted by atomic mass is 32.2. The number of hydrogen-bond donors (Lipinski definition) is 1. The summed E-state index contributed by atoms with van der Waals surface area (Å²) in [6, 6.07) is 5.46. The molecule has 0 unspecified atom stereocenters. The van der Waals surface area contributed by atoms with Crippen molar-refractivity contribution in [2.75, 3.05) is 22.3 Å². The van der Waals surface area contributed by atoms with Crippen molar-refractivity contribution in [2.24, 2.45) is 0 Å². The van der Waals surface area contributed by atoms with Crippen LogP contribution < -0.4 is 10.0 Å². The molecule has 1 aromatic rings. The lowest BCUT2D eigenvalue weighted by atomic mass is 10.0. The van der Waals surface area contributed by atoms with Gasteiger partial charge in [-0.05, 0) is 43.0 Å². The molecular formula is C12H18N2O2S. The first kappa shape index (κ1) is 12.2. The molecule has 0 amide bonds. The molecule has 2 N–H and O–H groups in total. The molecule has 0 saturated heterocycles. The fraction of sp³-hybridized carbons (Fsp3) is 0.500.